The summed E-state index contributed by atoms with van der Waals surface area (Å²) in [5.74, 6) is -0.0565. The normalized spacial score (nSPS) is 17.1. The van der Waals surface area contributed by atoms with Gasteiger partial charge in [-0.1, -0.05) is 37.1 Å². The molecule has 0 spiro atoms. The first-order chi connectivity index (χ1) is 9.69. The topological polar surface area (TPSA) is 55.1 Å². The molecule has 1 fully saturated rings. The van der Waals surface area contributed by atoms with Crippen molar-refractivity contribution in [3.63, 3.8) is 0 Å². The quantitative estimate of drug-likeness (QED) is 0.905. The van der Waals surface area contributed by atoms with E-state index in [1.165, 1.54) is 0 Å². The van der Waals surface area contributed by atoms with Crippen LogP contribution in [0.15, 0.2) is 41.8 Å². The number of hydrogen-bond donors (Lipinski definition) is 2. The molecule has 0 bridgehead atoms. The minimum absolute atomic E-state index is 0.0565. The van der Waals surface area contributed by atoms with E-state index in [-0.39, 0.29) is 5.91 Å². The van der Waals surface area contributed by atoms with E-state index in [0.717, 1.165) is 41.8 Å². The second kappa shape index (κ2) is 5.38. The van der Waals surface area contributed by atoms with Crippen LogP contribution < -0.4 is 11.1 Å². The predicted molar refractivity (Wildman–Crippen MR) is 83.8 cm³/mol. The van der Waals surface area contributed by atoms with Gasteiger partial charge < -0.3 is 11.1 Å². The predicted octanol–water partition coefficient (Wildman–Crippen LogP) is 3.63. The minimum Gasteiger partial charge on any atom is -0.324 e. The third-order valence-corrected chi connectivity index (χ3v) is 4.81. The maximum atomic E-state index is 12.4. The average Bonchev–Trinajstić information content (AvgIpc) is 3.11. The molecular formula is C16H18N2OS. The molecule has 1 heterocycles. The molecule has 1 aromatic carbocycles. The fourth-order valence-corrected chi connectivity index (χ4v) is 3.48. The molecule has 3 nitrogen and oxygen atoms in total. The third kappa shape index (κ3) is 2.49. The summed E-state index contributed by atoms with van der Waals surface area (Å²) in [5, 5.41) is 5.06. The van der Waals surface area contributed by atoms with E-state index < -0.39 is 5.54 Å². The van der Waals surface area contributed by atoms with E-state index in [1.54, 1.807) is 11.3 Å². The van der Waals surface area contributed by atoms with Gasteiger partial charge in [-0.05, 0) is 30.4 Å². The number of carbonyl (C=O) groups is 1. The number of hydrogen-bond acceptors (Lipinski definition) is 3. The standard InChI is InChI=1S/C16H18N2OS/c17-16(9-3-4-10-16)15(19)18-13-7-2-1-6-12(13)14-8-5-11-20-14/h1-2,5-8,11H,3-4,9-10,17H2,(H,18,19). The molecule has 20 heavy (non-hydrogen) atoms. The van der Waals surface area contributed by atoms with E-state index in [1.807, 2.05) is 35.7 Å². The van der Waals surface area contributed by atoms with Gasteiger partial charge in [0.1, 0.15) is 0 Å². The number of nitrogens with one attached hydrogen (secondary N) is 1. The summed E-state index contributed by atoms with van der Waals surface area (Å²) >= 11 is 1.67. The van der Waals surface area contributed by atoms with Gasteiger partial charge in [-0.15, -0.1) is 11.3 Å². The molecule has 0 saturated heterocycles. The summed E-state index contributed by atoms with van der Waals surface area (Å²) in [5.41, 5.74) is 7.42. The molecule has 0 aliphatic heterocycles. The van der Waals surface area contributed by atoms with E-state index >= 15 is 0 Å². The van der Waals surface area contributed by atoms with Gasteiger partial charge in [0.05, 0.1) is 5.54 Å². The molecule has 1 amide bonds. The highest BCUT2D eigenvalue weighted by atomic mass is 32.1. The first-order valence-corrected chi connectivity index (χ1v) is 7.80. The third-order valence-electron chi connectivity index (χ3n) is 3.91. The molecule has 3 rings (SSSR count). The number of carbonyl (C=O) groups excluding carboxylic acids is 1. The van der Waals surface area contributed by atoms with Gasteiger partial charge in [0.15, 0.2) is 0 Å². The van der Waals surface area contributed by atoms with Crippen molar-refractivity contribution in [3.05, 3.63) is 41.8 Å². The zero-order valence-corrected chi connectivity index (χ0v) is 12.1. The lowest BCUT2D eigenvalue weighted by molar-refractivity contribution is -0.120. The van der Waals surface area contributed by atoms with Crippen LogP contribution in [0, 0.1) is 0 Å². The lowest BCUT2D eigenvalue weighted by Crippen LogP contribution is -2.48. The molecule has 104 valence electrons. The molecule has 0 atom stereocenters. The van der Waals surface area contributed by atoms with Gasteiger partial charge in [0.25, 0.3) is 0 Å². The largest absolute Gasteiger partial charge is 0.324 e. The fourth-order valence-electron chi connectivity index (χ4n) is 2.72. The highest BCUT2D eigenvalue weighted by molar-refractivity contribution is 7.13. The number of rotatable bonds is 3. The van der Waals surface area contributed by atoms with Crippen molar-refractivity contribution in [2.75, 3.05) is 5.32 Å². The van der Waals surface area contributed by atoms with Crippen molar-refractivity contribution >= 4 is 22.9 Å². The Balaban J connectivity index is 1.86. The van der Waals surface area contributed by atoms with E-state index in [9.17, 15) is 4.79 Å². The number of nitrogens with two attached hydrogens (primary N) is 1. The van der Waals surface area contributed by atoms with Crippen molar-refractivity contribution in [1.82, 2.24) is 0 Å². The van der Waals surface area contributed by atoms with Crippen LogP contribution in [0.4, 0.5) is 5.69 Å². The lowest BCUT2D eigenvalue weighted by atomic mass is 9.97. The summed E-state index contributed by atoms with van der Waals surface area (Å²) in [4.78, 5) is 13.6. The van der Waals surface area contributed by atoms with Crippen LogP contribution in [-0.4, -0.2) is 11.4 Å². The van der Waals surface area contributed by atoms with Crippen molar-refractivity contribution in [3.8, 4) is 10.4 Å². The molecular weight excluding hydrogens is 268 g/mol. The van der Waals surface area contributed by atoms with Crippen LogP contribution in [0.3, 0.4) is 0 Å². The van der Waals surface area contributed by atoms with E-state index in [2.05, 4.69) is 11.4 Å². The summed E-state index contributed by atoms with van der Waals surface area (Å²) in [6.07, 6.45) is 3.63. The molecule has 1 aliphatic carbocycles. The highest BCUT2D eigenvalue weighted by Gasteiger charge is 2.37. The molecule has 0 unspecified atom stereocenters. The van der Waals surface area contributed by atoms with Gasteiger partial charge >= 0.3 is 0 Å². The van der Waals surface area contributed by atoms with Crippen LogP contribution in [0.2, 0.25) is 0 Å². The fraction of sp³-hybridized carbons (Fsp3) is 0.312. The number of thiophene rings is 1. The summed E-state index contributed by atoms with van der Waals surface area (Å²) in [6.45, 7) is 0. The number of benzene rings is 1. The summed E-state index contributed by atoms with van der Waals surface area (Å²) in [7, 11) is 0. The van der Waals surface area contributed by atoms with Crippen LogP contribution in [0.5, 0.6) is 0 Å². The zero-order valence-electron chi connectivity index (χ0n) is 11.3. The van der Waals surface area contributed by atoms with Crippen LogP contribution >= 0.6 is 11.3 Å². The van der Waals surface area contributed by atoms with Gasteiger partial charge in [-0.25, -0.2) is 0 Å². The Morgan fingerprint density at radius 3 is 2.60 bits per heavy atom. The summed E-state index contributed by atoms with van der Waals surface area (Å²) < 4.78 is 0. The molecule has 2 aromatic rings. The van der Waals surface area contributed by atoms with Crippen molar-refractivity contribution < 1.29 is 4.79 Å². The number of para-hydroxylation sites is 1. The average molecular weight is 286 g/mol. The Kier molecular flexibility index (Phi) is 3.59. The van der Waals surface area contributed by atoms with Gasteiger partial charge in [0, 0.05) is 16.1 Å². The van der Waals surface area contributed by atoms with Gasteiger partial charge in [-0.3, -0.25) is 4.79 Å². The smallest absolute Gasteiger partial charge is 0.244 e. The maximum Gasteiger partial charge on any atom is 0.244 e. The van der Waals surface area contributed by atoms with Gasteiger partial charge in [-0.2, -0.15) is 0 Å². The Morgan fingerprint density at radius 2 is 1.90 bits per heavy atom. The van der Waals surface area contributed by atoms with Crippen LogP contribution in [-0.2, 0) is 4.79 Å². The van der Waals surface area contributed by atoms with Crippen molar-refractivity contribution in [2.24, 2.45) is 5.73 Å². The minimum atomic E-state index is -0.692. The second-order valence-electron chi connectivity index (χ2n) is 5.34. The Hall–Kier alpha value is -1.65. The monoisotopic (exact) mass is 286 g/mol. The SMILES string of the molecule is NC1(C(=O)Nc2ccccc2-c2cccs2)CCCC1. The van der Waals surface area contributed by atoms with Crippen molar-refractivity contribution in [1.29, 1.82) is 0 Å². The first-order valence-electron chi connectivity index (χ1n) is 6.92. The molecule has 4 heteroatoms. The molecule has 1 saturated carbocycles. The zero-order chi connectivity index (χ0) is 14.0. The Bertz CT molecular complexity index is 601. The van der Waals surface area contributed by atoms with Crippen molar-refractivity contribution in [2.45, 2.75) is 31.2 Å². The maximum absolute atomic E-state index is 12.4. The first kappa shape index (κ1) is 13.3. The van der Waals surface area contributed by atoms with E-state index in [4.69, 9.17) is 5.73 Å². The highest BCUT2D eigenvalue weighted by Crippen LogP contribution is 2.33. The summed E-state index contributed by atoms with van der Waals surface area (Å²) in [6, 6.07) is 12.0. The molecule has 1 aliphatic rings. The van der Waals surface area contributed by atoms with Gasteiger partial charge in [0.2, 0.25) is 5.91 Å². The molecule has 1 aromatic heterocycles. The number of amides is 1. The Morgan fingerprint density at radius 1 is 1.15 bits per heavy atom. The Labute approximate surface area is 122 Å². The lowest BCUT2D eigenvalue weighted by Gasteiger charge is -2.23. The van der Waals surface area contributed by atoms with E-state index in [0.29, 0.717) is 0 Å². The number of anilines is 1. The second-order valence-corrected chi connectivity index (χ2v) is 6.29. The molecule has 3 N–H and O–H groups in total. The molecule has 0 radical (unpaired) electrons. The van der Waals surface area contributed by atoms with Crippen LogP contribution in [0.25, 0.3) is 10.4 Å². The van der Waals surface area contributed by atoms with Crippen LogP contribution in [0.1, 0.15) is 25.7 Å².